The largest absolute Gasteiger partial charge is 0.337 e. The van der Waals surface area contributed by atoms with Crippen molar-refractivity contribution >= 4 is 5.91 Å². The van der Waals surface area contributed by atoms with Crippen molar-refractivity contribution in [3.63, 3.8) is 0 Å². The highest BCUT2D eigenvalue weighted by Gasteiger charge is 2.44. The zero-order valence-electron chi connectivity index (χ0n) is 15.0. The lowest BCUT2D eigenvalue weighted by Gasteiger charge is -2.38. The van der Waals surface area contributed by atoms with Gasteiger partial charge in [0.1, 0.15) is 0 Å². The number of carbonyl (C=O) groups is 1. The molecule has 1 unspecified atom stereocenters. The van der Waals surface area contributed by atoms with Crippen LogP contribution in [0.5, 0.6) is 0 Å². The third-order valence-corrected chi connectivity index (χ3v) is 4.91. The van der Waals surface area contributed by atoms with Crippen molar-refractivity contribution in [2.45, 2.75) is 66.0 Å². The summed E-state index contributed by atoms with van der Waals surface area (Å²) in [6, 6.07) is 1.42. The maximum absolute atomic E-state index is 12.6. The van der Waals surface area contributed by atoms with Crippen molar-refractivity contribution in [3.05, 3.63) is 28.9 Å². The summed E-state index contributed by atoms with van der Waals surface area (Å²) < 4.78 is 1.49. The Hall–Kier alpha value is -1.65. The molecule has 23 heavy (non-hydrogen) atoms. The van der Waals surface area contributed by atoms with Crippen molar-refractivity contribution < 1.29 is 4.79 Å². The molecule has 128 valence electrons. The first-order chi connectivity index (χ1) is 10.6. The van der Waals surface area contributed by atoms with Crippen molar-refractivity contribution in [2.24, 2.45) is 11.3 Å². The summed E-state index contributed by atoms with van der Waals surface area (Å²) in [4.78, 5) is 30.3. The van der Waals surface area contributed by atoms with Crippen LogP contribution in [-0.2, 0) is 11.3 Å². The van der Waals surface area contributed by atoms with Gasteiger partial charge in [-0.25, -0.2) is 4.98 Å². The molecule has 0 aliphatic carbocycles. The van der Waals surface area contributed by atoms with Gasteiger partial charge in [0.15, 0.2) is 0 Å². The molecule has 0 radical (unpaired) electrons. The molecule has 1 saturated heterocycles. The van der Waals surface area contributed by atoms with E-state index in [2.05, 4.69) is 39.6 Å². The van der Waals surface area contributed by atoms with E-state index >= 15 is 0 Å². The first-order valence-electron chi connectivity index (χ1n) is 8.42. The summed E-state index contributed by atoms with van der Waals surface area (Å²) in [5.41, 5.74) is 0.0351. The molecule has 0 spiro atoms. The number of aryl methyl sites for hydroxylation is 1. The SMILES string of the molecule is CC(C)(C)CC1CCN(C(=O)CCn2cnccc2=O)C1(C)C. The lowest BCUT2D eigenvalue weighted by molar-refractivity contribution is -0.135. The third kappa shape index (κ3) is 4.21. The molecule has 0 bridgehead atoms. The van der Waals surface area contributed by atoms with E-state index in [1.54, 1.807) is 0 Å². The Balaban J connectivity index is 2.00. The molecular formula is C18H29N3O2. The molecule has 1 aromatic rings. The van der Waals surface area contributed by atoms with Gasteiger partial charge >= 0.3 is 0 Å². The van der Waals surface area contributed by atoms with Crippen LogP contribution in [0.4, 0.5) is 0 Å². The van der Waals surface area contributed by atoms with Gasteiger partial charge in [0.25, 0.3) is 5.56 Å². The van der Waals surface area contributed by atoms with Crippen LogP contribution in [-0.4, -0.2) is 32.4 Å². The summed E-state index contributed by atoms with van der Waals surface area (Å²) in [7, 11) is 0. The minimum Gasteiger partial charge on any atom is -0.337 e. The quantitative estimate of drug-likeness (QED) is 0.857. The van der Waals surface area contributed by atoms with Gasteiger partial charge in [-0.2, -0.15) is 0 Å². The number of likely N-dealkylation sites (tertiary alicyclic amines) is 1. The maximum atomic E-state index is 12.6. The third-order valence-electron chi connectivity index (χ3n) is 4.91. The van der Waals surface area contributed by atoms with Gasteiger partial charge < -0.3 is 4.90 Å². The van der Waals surface area contributed by atoms with Gasteiger partial charge in [-0.05, 0) is 38.0 Å². The number of amides is 1. The van der Waals surface area contributed by atoms with Gasteiger partial charge in [0.05, 0.1) is 6.33 Å². The Morgan fingerprint density at radius 2 is 2.09 bits per heavy atom. The first-order valence-corrected chi connectivity index (χ1v) is 8.42. The van der Waals surface area contributed by atoms with Crippen LogP contribution in [0.15, 0.2) is 23.4 Å². The van der Waals surface area contributed by atoms with Gasteiger partial charge in [-0.15, -0.1) is 0 Å². The molecule has 0 N–H and O–H groups in total. The van der Waals surface area contributed by atoms with E-state index in [0.717, 1.165) is 19.4 Å². The van der Waals surface area contributed by atoms with Crippen LogP contribution in [0.3, 0.4) is 0 Å². The van der Waals surface area contributed by atoms with Gasteiger partial charge in [-0.1, -0.05) is 20.8 Å². The second-order valence-electron chi connectivity index (χ2n) is 8.31. The zero-order valence-corrected chi connectivity index (χ0v) is 15.0. The van der Waals surface area contributed by atoms with E-state index in [0.29, 0.717) is 18.9 Å². The highest BCUT2D eigenvalue weighted by Crippen LogP contribution is 2.41. The van der Waals surface area contributed by atoms with Gasteiger partial charge in [-0.3, -0.25) is 14.2 Å². The summed E-state index contributed by atoms with van der Waals surface area (Å²) in [5, 5.41) is 0. The van der Waals surface area contributed by atoms with Crippen LogP contribution >= 0.6 is 0 Å². The Morgan fingerprint density at radius 3 is 2.70 bits per heavy atom. The minimum absolute atomic E-state index is 0.112. The smallest absolute Gasteiger partial charge is 0.253 e. The lowest BCUT2D eigenvalue weighted by atomic mass is 9.76. The molecule has 1 amide bonds. The molecule has 1 aliphatic rings. The molecule has 1 aromatic heterocycles. The van der Waals surface area contributed by atoms with Crippen LogP contribution < -0.4 is 5.56 Å². The number of nitrogens with zero attached hydrogens (tertiary/aromatic N) is 3. The van der Waals surface area contributed by atoms with Crippen molar-refractivity contribution in [2.75, 3.05) is 6.54 Å². The highest BCUT2D eigenvalue weighted by atomic mass is 16.2. The molecule has 0 aromatic carbocycles. The standard InChI is InChI=1S/C18H29N3O2/c1-17(2,3)12-14-7-11-21(18(14,4)5)16(23)8-10-20-13-19-9-6-15(20)22/h6,9,13-14H,7-8,10-12H2,1-5H3. The van der Waals surface area contributed by atoms with E-state index in [4.69, 9.17) is 0 Å². The second-order valence-corrected chi connectivity index (χ2v) is 8.31. The summed E-state index contributed by atoms with van der Waals surface area (Å²) in [5.74, 6) is 0.648. The predicted molar refractivity (Wildman–Crippen MR) is 91.1 cm³/mol. The number of hydrogen-bond donors (Lipinski definition) is 0. The number of rotatable bonds is 4. The van der Waals surface area contributed by atoms with Crippen LogP contribution in [0.25, 0.3) is 0 Å². The van der Waals surface area contributed by atoms with Crippen molar-refractivity contribution in [1.82, 2.24) is 14.5 Å². The Bertz CT molecular complexity index is 613. The summed E-state index contributed by atoms with van der Waals surface area (Å²) in [6.07, 6.45) is 5.49. The molecule has 0 saturated carbocycles. The fourth-order valence-corrected chi connectivity index (χ4v) is 3.58. The number of aromatic nitrogens is 2. The first kappa shape index (κ1) is 17.7. The van der Waals surface area contributed by atoms with Crippen LogP contribution in [0.2, 0.25) is 0 Å². The molecule has 1 fully saturated rings. The molecule has 2 rings (SSSR count). The molecule has 1 aliphatic heterocycles. The number of hydrogen-bond acceptors (Lipinski definition) is 3. The fourth-order valence-electron chi connectivity index (χ4n) is 3.58. The fraction of sp³-hybridized carbons (Fsp3) is 0.722. The van der Waals surface area contributed by atoms with E-state index in [1.165, 1.54) is 23.2 Å². The molecule has 5 heteroatoms. The van der Waals surface area contributed by atoms with Crippen molar-refractivity contribution in [3.8, 4) is 0 Å². The van der Waals surface area contributed by atoms with Gasteiger partial charge in [0.2, 0.25) is 5.91 Å². The monoisotopic (exact) mass is 319 g/mol. The molecule has 5 nitrogen and oxygen atoms in total. The average molecular weight is 319 g/mol. The van der Waals surface area contributed by atoms with Crippen molar-refractivity contribution in [1.29, 1.82) is 0 Å². The van der Waals surface area contributed by atoms with Crippen LogP contribution in [0, 0.1) is 11.3 Å². The second kappa shape index (κ2) is 6.46. The summed E-state index contributed by atoms with van der Waals surface area (Å²) in [6.45, 7) is 12.3. The van der Waals surface area contributed by atoms with E-state index in [9.17, 15) is 9.59 Å². The average Bonchev–Trinajstić information content (AvgIpc) is 2.71. The Morgan fingerprint density at radius 1 is 1.39 bits per heavy atom. The normalized spacial score (nSPS) is 20.7. The maximum Gasteiger partial charge on any atom is 0.253 e. The topological polar surface area (TPSA) is 55.2 Å². The molecular weight excluding hydrogens is 290 g/mol. The number of carbonyl (C=O) groups excluding carboxylic acids is 1. The summed E-state index contributed by atoms with van der Waals surface area (Å²) >= 11 is 0. The Kier molecular flexibility index (Phi) is 4.97. The molecule has 2 heterocycles. The minimum atomic E-state index is -0.121. The van der Waals surface area contributed by atoms with Gasteiger partial charge in [0, 0.05) is 37.3 Å². The van der Waals surface area contributed by atoms with Crippen LogP contribution in [0.1, 0.15) is 53.9 Å². The predicted octanol–water partition coefficient (Wildman–Crippen LogP) is 2.70. The highest BCUT2D eigenvalue weighted by molar-refractivity contribution is 5.77. The van der Waals surface area contributed by atoms with E-state index in [-0.39, 0.29) is 22.4 Å². The van der Waals surface area contributed by atoms with E-state index in [1.807, 2.05) is 4.90 Å². The molecule has 1 atom stereocenters. The lowest BCUT2D eigenvalue weighted by Crippen LogP contribution is -2.47. The zero-order chi connectivity index (χ0) is 17.3. The Labute approximate surface area is 138 Å². The van der Waals surface area contributed by atoms with E-state index < -0.39 is 0 Å².